The molecule has 168 valence electrons. The minimum absolute atomic E-state index is 0.334. The summed E-state index contributed by atoms with van der Waals surface area (Å²) < 4.78 is 39.6. The number of hydrogen-bond donors (Lipinski definition) is 2. The van der Waals surface area contributed by atoms with Crippen molar-refractivity contribution < 1.29 is 23.0 Å². The van der Waals surface area contributed by atoms with E-state index in [-0.39, 0.29) is 0 Å². The molecule has 4 rings (SSSR count). The average Bonchev–Trinajstić information content (AvgIpc) is 2.74. The second kappa shape index (κ2) is 8.50. The molecular weight excluding hydrogens is 419 g/mol. The zero-order chi connectivity index (χ0) is 22.2. The van der Waals surface area contributed by atoms with Crippen molar-refractivity contribution in [3.63, 3.8) is 0 Å². The number of aryl methyl sites for hydroxylation is 1. The number of anilines is 1. The first-order chi connectivity index (χ1) is 14.7. The minimum atomic E-state index is -3.32. The molecular formula is C23H29FN2O4S. The number of aliphatic hydroxyl groups is 2. The van der Waals surface area contributed by atoms with Gasteiger partial charge in [-0.3, -0.25) is 4.31 Å². The number of aliphatic hydroxyl groups excluding tert-OH is 1. The maximum absolute atomic E-state index is 14.1. The van der Waals surface area contributed by atoms with Gasteiger partial charge in [0.2, 0.25) is 10.0 Å². The molecule has 0 aromatic heterocycles. The summed E-state index contributed by atoms with van der Waals surface area (Å²) in [6.07, 6.45) is 2.81. The standard InChI is InChI=1S/C23H29FN2O4S/c1-31(29,30)26-12-4-5-17-15-18(8-9-21(17)26)22(27)16-25-13-10-23(28,11-14-25)19-6-2-3-7-20(19)24/h2-3,6-9,15,22,27-28H,4-5,10-14,16H2,1H3/t22-/m0/s1. The monoisotopic (exact) mass is 448 g/mol. The van der Waals surface area contributed by atoms with Crippen LogP contribution in [0.2, 0.25) is 0 Å². The third-order valence-corrected chi connectivity index (χ3v) is 7.63. The molecule has 31 heavy (non-hydrogen) atoms. The number of benzene rings is 2. The molecule has 0 amide bonds. The maximum Gasteiger partial charge on any atom is 0.232 e. The van der Waals surface area contributed by atoms with Crippen molar-refractivity contribution in [2.45, 2.75) is 37.4 Å². The highest BCUT2D eigenvalue weighted by atomic mass is 32.2. The zero-order valence-electron chi connectivity index (χ0n) is 17.7. The maximum atomic E-state index is 14.1. The van der Waals surface area contributed by atoms with Gasteiger partial charge in [-0.15, -0.1) is 0 Å². The van der Waals surface area contributed by atoms with E-state index in [4.69, 9.17) is 0 Å². The zero-order valence-corrected chi connectivity index (χ0v) is 18.5. The van der Waals surface area contributed by atoms with E-state index in [0.29, 0.717) is 50.3 Å². The summed E-state index contributed by atoms with van der Waals surface area (Å²) in [5, 5.41) is 21.7. The first-order valence-electron chi connectivity index (χ1n) is 10.7. The van der Waals surface area contributed by atoms with Gasteiger partial charge in [0.15, 0.2) is 0 Å². The molecule has 2 N–H and O–H groups in total. The first-order valence-corrected chi connectivity index (χ1v) is 12.5. The number of halogens is 1. The van der Waals surface area contributed by atoms with E-state index in [9.17, 15) is 23.0 Å². The Morgan fingerprint density at radius 3 is 2.52 bits per heavy atom. The summed E-state index contributed by atoms with van der Waals surface area (Å²) in [4.78, 5) is 2.07. The van der Waals surface area contributed by atoms with Crippen LogP contribution < -0.4 is 4.31 Å². The number of likely N-dealkylation sites (tertiary alicyclic amines) is 1. The fourth-order valence-electron chi connectivity index (χ4n) is 4.70. The third-order valence-electron chi connectivity index (χ3n) is 6.45. The van der Waals surface area contributed by atoms with Crippen molar-refractivity contribution in [2.75, 3.05) is 36.7 Å². The van der Waals surface area contributed by atoms with Crippen LogP contribution in [0.25, 0.3) is 0 Å². The van der Waals surface area contributed by atoms with E-state index in [0.717, 1.165) is 24.0 Å². The van der Waals surface area contributed by atoms with Gasteiger partial charge in [0.05, 0.1) is 23.6 Å². The molecule has 0 aliphatic carbocycles. The minimum Gasteiger partial charge on any atom is -0.387 e. The quantitative estimate of drug-likeness (QED) is 0.735. The van der Waals surface area contributed by atoms with Crippen LogP contribution in [0.1, 0.15) is 42.1 Å². The van der Waals surface area contributed by atoms with Gasteiger partial charge in [0, 0.05) is 31.7 Å². The van der Waals surface area contributed by atoms with Crippen LogP contribution >= 0.6 is 0 Å². The van der Waals surface area contributed by atoms with Crippen LogP contribution in [-0.2, 0) is 22.0 Å². The molecule has 1 atom stereocenters. The summed E-state index contributed by atoms with van der Waals surface area (Å²) >= 11 is 0. The van der Waals surface area contributed by atoms with Gasteiger partial charge in [-0.25, -0.2) is 12.8 Å². The second-order valence-electron chi connectivity index (χ2n) is 8.65. The number of nitrogens with zero attached hydrogens (tertiary/aromatic N) is 2. The summed E-state index contributed by atoms with van der Waals surface area (Å²) in [5.41, 5.74) is 1.52. The van der Waals surface area contributed by atoms with Crippen LogP contribution in [0.4, 0.5) is 10.1 Å². The van der Waals surface area contributed by atoms with E-state index in [2.05, 4.69) is 4.90 Å². The number of piperidine rings is 1. The number of rotatable bonds is 5. The van der Waals surface area contributed by atoms with E-state index in [1.807, 2.05) is 6.07 Å². The number of sulfonamides is 1. The summed E-state index contributed by atoms with van der Waals surface area (Å²) in [7, 11) is -3.32. The predicted molar refractivity (Wildman–Crippen MR) is 118 cm³/mol. The van der Waals surface area contributed by atoms with Gasteiger partial charge < -0.3 is 15.1 Å². The lowest BCUT2D eigenvalue weighted by Crippen LogP contribution is -2.44. The highest BCUT2D eigenvalue weighted by Crippen LogP contribution is 2.35. The highest BCUT2D eigenvalue weighted by molar-refractivity contribution is 7.92. The molecule has 2 heterocycles. The molecule has 2 aromatic rings. The molecule has 1 saturated heterocycles. The fourth-order valence-corrected chi connectivity index (χ4v) is 5.69. The van der Waals surface area contributed by atoms with Gasteiger partial charge in [-0.05, 0) is 48.9 Å². The molecule has 6 nitrogen and oxygen atoms in total. The SMILES string of the molecule is CS(=O)(=O)N1CCCc2cc([C@@H](O)CN3CCC(O)(c4ccccc4F)CC3)ccc21. The first kappa shape index (κ1) is 22.2. The van der Waals surface area contributed by atoms with Crippen LogP contribution in [-0.4, -0.2) is 56.0 Å². The molecule has 0 radical (unpaired) electrons. The molecule has 0 spiro atoms. The van der Waals surface area contributed by atoms with Crippen LogP contribution in [0.5, 0.6) is 0 Å². The second-order valence-corrected chi connectivity index (χ2v) is 10.6. The number of fused-ring (bicyclic) bond motifs is 1. The van der Waals surface area contributed by atoms with Crippen molar-refractivity contribution in [2.24, 2.45) is 0 Å². The molecule has 0 bridgehead atoms. The van der Waals surface area contributed by atoms with Gasteiger partial charge in [-0.2, -0.15) is 0 Å². The third kappa shape index (κ3) is 4.62. The lowest BCUT2D eigenvalue weighted by molar-refractivity contribution is -0.0367. The van der Waals surface area contributed by atoms with E-state index in [1.54, 1.807) is 30.3 Å². The Kier molecular flexibility index (Phi) is 6.09. The predicted octanol–water partition coefficient (Wildman–Crippen LogP) is 2.55. The molecule has 0 unspecified atom stereocenters. The van der Waals surface area contributed by atoms with Crippen molar-refractivity contribution in [3.8, 4) is 0 Å². The Hall–Kier alpha value is -2.00. The van der Waals surface area contributed by atoms with Gasteiger partial charge >= 0.3 is 0 Å². The van der Waals surface area contributed by atoms with Crippen molar-refractivity contribution >= 4 is 15.7 Å². The Morgan fingerprint density at radius 2 is 1.84 bits per heavy atom. The van der Waals surface area contributed by atoms with Gasteiger partial charge in [0.25, 0.3) is 0 Å². The molecule has 2 aromatic carbocycles. The summed E-state index contributed by atoms with van der Waals surface area (Å²) in [5.74, 6) is -0.393. The largest absolute Gasteiger partial charge is 0.387 e. The Labute approximate surface area is 183 Å². The fraction of sp³-hybridized carbons (Fsp3) is 0.478. The average molecular weight is 449 g/mol. The molecule has 1 fully saturated rings. The van der Waals surface area contributed by atoms with Crippen LogP contribution in [0.15, 0.2) is 42.5 Å². The summed E-state index contributed by atoms with van der Waals surface area (Å²) in [6, 6.07) is 11.8. The van der Waals surface area contributed by atoms with Crippen molar-refractivity contribution in [1.82, 2.24) is 4.90 Å². The lowest BCUT2D eigenvalue weighted by Gasteiger charge is -2.39. The smallest absolute Gasteiger partial charge is 0.232 e. The van der Waals surface area contributed by atoms with Crippen LogP contribution in [0, 0.1) is 5.82 Å². The van der Waals surface area contributed by atoms with E-state index in [1.165, 1.54) is 16.6 Å². The van der Waals surface area contributed by atoms with Gasteiger partial charge in [-0.1, -0.05) is 30.3 Å². The normalized spacial score (nSPS) is 20.3. The molecule has 8 heteroatoms. The Balaban J connectivity index is 1.42. The van der Waals surface area contributed by atoms with Crippen molar-refractivity contribution in [3.05, 3.63) is 65.0 Å². The lowest BCUT2D eigenvalue weighted by atomic mass is 9.84. The Morgan fingerprint density at radius 1 is 1.13 bits per heavy atom. The van der Waals surface area contributed by atoms with Gasteiger partial charge in [0.1, 0.15) is 5.82 Å². The highest BCUT2D eigenvalue weighted by Gasteiger charge is 2.36. The van der Waals surface area contributed by atoms with Crippen LogP contribution in [0.3, 0.4) is 0 Å². The number of hydrogen-bond acceptors (Lipinski definition) is 5. The molecule has 0 saturated carbocycles. The molecule has 2 aliphatic heterocycles. The molecule has 2 aliphatic rings. The van der Waals surface area contributed by atoms with E-state index < -0.39 is 27.5 Å². The Bertz CT molecular complexity index is 1050. The van der Waals surface area contributed by atoms with E-state index >= 15 is 0 Å². The topological polar surface area (TPSA) is 81.1 Å². The summed E-state index contributed by atoms with van der Waals surface area (Å²) in [6.45, 7) is 1.98. The number of β-amino-alcohol motifs (C(OH)–C–C–N with tert-alkyl or cyclic N) is 1. The van der Waals surface area contributed by atoms with Crippen molar-refractivity contribution in [1.29, 1.82) is 0 Å².